The monoisotopic (exact) mass is 370 g/mol. The quantitative estimate of drug-likeness (QED) is 0.252. The zero-order valence-electron chi connectivity index (χ0n) is 16.5. The molecule has 0 unspecified atom stereocenters. The lowest BCUT2D eigenvalue weighted by molar-refractivity contribution is -0.0779. The molecule has 3 nitrogen and oxygen atoms in total. The summed E-state index contributed by atoms with van der Waals surface area (Å²) in [5.41, 5.74) is 0. The Morgan fingerprint density at radius 1 is 0.846 bits per heavy atom. The van der Waals surface area contributed by atoms with Crippen molar-refractivity contribution in [2.45, 2.75) is 135 Å². The van der Waals surface area contributed by atoms with E-state index < -0.39 is 6.10 Å². The van der Waals surface area contributed by atoms with E-state index in [0.29, 0.717) is 6.42 Å². The summed E-state index contributed by atoms with van der Waals surface area (Å²) >= 11 is 0. The summed E-state index contributed by atoms with van der Waals surface area (Å²) in [7, 11) is 0. The minimum atomic E-state index is -0.424. The van der Waals surface area contributed by atoms with Crippen molar-refractivity contribution >= 4 is 0 Å². The maximum Gasteiger partial charge on any atom is 0.0840 e. The van der Waals surface area contributed by atoms with E-state index in [0.717, 1.165) is 32.1 Å². The van der Waals surface area contributed by atoms with Gasteiger partial charge in [-0.15, -0.1) is 6.58 Å². The average Bonchev–Trinajstić information content (AvgIpc) is 3.11. The largest absolute Gasteiger partial charge is 0.390 e. The zero-order valence-corrected chi connectivity index (χ0v) is 16.5. The second-order valence-corrected chi connectivity index (χ2v) is 7.76. The second kappa shape index (κ2) is 16.8. The fourth-order valence-corrected chi connectivity index (χ4v) is 3.76. The van der Waals surface area contributed by atoms with Crippen molar-refractivity contribution in [3.8, 4) is 0 Å². The van der Waals surface area contributed by atoms with Crippen LogP contribution in [0.1, 0.15) is 111 Å². The van der Waals surface area contributed by atoms with E-state index in [4.69, 9.17) is 4.74 Å². The summed E-state index contributed by atoms with van der Waals surface area (Å²) in [5.74, 6) is 0. The molecule has 0 amide bonds. The van der Waals surface area contributed by atoms with Crippen LogP contribution >= 0.6 is 0 Å². The fraction of sp³-hybridized carbons (Fsp3) is 0.913. The predicted molar refractivity (Wildman–Crippen MR) is 113 cm³/mol. The van der Waals surface area contributed by atoms with Crippen molar-refractivity contribution in [2.75, 3.05) is 0 Å². The molecule has 1 rings (SSSR count). The van der Waals surface area contributed by atoms with E-state index in [9.17, 15) is 10.2 Å². The number of ether oxygens (including phenoxy) is 1. The predicted octanol–water partition coefficient (Wildman–Crippen LogP) is 6.17. The summed E-state index contributed by atoms with van der Waals surface area (Å²) in [6.45, 7) is 5.95. The number of aliphatic hydroxyl groups excluding tert-OH is 2. The maximum atomic E-state index is 10.3. The van der Waals surface area contributed by atoms with E-state index in [1.165, 1.54) is 57.8 Å². The minimum absolute atomic E-state index is 0. The van der Waals surface area contributed by atoms with Crippen LogP contribution in [0.4, 0.5) is 0 Å². The molecular weight excluding hydrogens is 324 g/mol. The first-order valence-corrected chi connectivity index (χ1v) is 10.8. The first kappa shape index (κ1) is 25.6. The van der Waals surface area contributed by atoms with Gasteiger partial charge in [0.05, 0.1) is 24.4 Å². The Morgan fingerprint density at radius 2 is 1.31 bits per heavy atom. The minimum Gasteiger partial charge on any atom is -0.390 e. The standard InChI is InChI=1S/C22H42O3.CH4/c1-3-5-7-8-9-10-11-12-13-14-16-20(24)22-18-17-21(25-22)19(23)15-6-4-2;/h4,19-24H,2-3,5-18H2,1H3;1H4/t19-,20+,21+,22+;/m0./s1. The topological polar surface area (TPSA) is 49.7 Å². The first-order valence-electron chi connectivity index (χ1n) is 10.8. The van der Waals surface area contributed by atoms with Gasteiger partial charge in [-0.1, -0.05) is 84.6 Å². The van der Waals surface area contributed by atoms with Crippen molar-refractivity contribution < 1.29 is 14.9 Å². The number of aliphatic hydroxyl groups is 2. The molecule has 0 bridgehead atoms. The highest BCUT2D eigenvalue weighted by atomic mass is 16.5. The number of allylic oxidation sites excluding steroid dienone is 1. The third kappa shape index (κ3) is 11.4. The SMILES string of the molecule is C.C=CCC[C@H](O)[C@H]1CC[C@H]([C@H](O)CCCCCCCCCCCC)O1. The van der Waals surface area contributed by atoms with Crippen LogP contribution in [0.5, 0.6) is 0 Å². The van der Waals surface area contributed by atoms with Gasteiger partial charge in [0.25, 0.3) is 0 Å². The third-order valence-electron chi connectivity index (χ3n) is 5.46. The summed E-state index contributed by atoms with van der Waals surface area (Å²) in [5, 5.41) is 20.4. The van der Waals surface area contributed by atoms with Gasteiger partial charge in [0.1, 0.15) is 0 Å². The molecule has 4 atom stereocenters. The molecule has 2 N–H and O–H groups in total. The third-order valence-corrected chi connectivity index (χ3v) is 5.46. The average molecular weight is 371 g/mol. The lowest BCUT2D eigenvalue weighted by atomic mass is 10.0. The van der Waals surface area contributed by atoms with E-state index >= 15 is 0 Å². The second-order valence-electron chi connectivity index (χ2n) is 7.76. The number of unbranched alkanes of at least 4 members (excludes halogenated alkanes) is 9. The summed E-state index contributed by atoms with van der Waals surface area (Å²) in [4.78, 5) is 0. The Hall–Kier alpha value is -0.380. The molecule has 0 aromatic carbocycles. The van der Waals surface area contributed by atoms with E-state index in [1.54, 1.807) is 0 Å². The Labute approximate surface area is 163 Å². The van der Waals surface area contributed by atoms with Gasteiger partial charge in [0, 0.05) is 0 Å². The van der Waals surface area contributed by atoms with Crippen molar-refractivity contribution in [2.24, 2.45) is 0 Å². The van der Waals surface area contributed by atoms with Crippen LogP contribution in [0.15, 0.2) is 12.7 Å². The van der Waals surface area contributed by atoms with Gasteiger partial charge < -0.3 is 14.9 Å². The molecule has 156 valence electrons. The van der Waals surface area contributed by atoms with Gasteiger partial charge in [0.15, 0.2) is 0 Å². The van der Waals surface area contributed by atoms with Crippen LogP contribution < -0.4 is 0 Å². The highest BCUT2D eigenvalue weighted by molar-refractivity contribution is 4.84. The van der Waals surface area contributed by atoms with E-state index in [2.05, 4.69) is 13.5 Å². The Morgan fingerprint density at radius 3 is 1.81 bits per heavy atom. The Bertz CT molecular complexity index is 319. The molecule has 1 saturated heterocycles. The van der Waals surface area contributed by atoms with Gasteiger partial charge in [-0.25, -0.2) is 0 Å². The molecule has 26 heavy (non-hydrogen) atoms. The Kier molecular flexibility index (Phi) is 16.5. The van der Waals surface area contributed by atoms with Crippen molar-refractivity contribution in [3.05, 3.63) is 12.7 Å². The summed E-state index contributed by atoms with van der Waals surface area (Å²) in [6, 6.07) is 0. The number of hydrogen-bond acceptors (Lipinski definition) is 3. The maximum absolute atomic E-state index is 10.3. The van der Waals surface area contributed by atoms with Crippen molar-refractivity contribution in [3.63, 3.8) is 0 Å². The van der Waals surface area contributed by atoms with Crippen LogP contribution in [-0.2, 0) is 4.74 Å². The van der Waals surface area contributed by atoms with Gasteiger partial charge in [-0.2, -0.15) is 0 Å². The zero-order chi connectivity index (χ0) is 18.3. The molecule has 0 aromatic heterocycles. The van der Waals surface area contributed by atoms with Crippen LogP contribution in [0.3, 0.4) is 0 Å². The molecule has 0 spiro atoms. The van der Waals surface area contributed by atoms with Crippen LogP contribution in [0.2, 0.25) is 0 Å². The molecule has 0 aromatic rings. The van der Waals surface area contributed by atoms with Gasteiger partial charge in [-0.05, 0) is 32.1 Å². The van der Waals surface area contributed by atoms with Gasteiger partial charge in [-0.3, -0.25) is 0 Å². The van der Waals surface area contributed by atoms with E-state index in [1.807, 2.05) is 6.08 Å². The molecule has 3 heteroatoms. The van der Waals surface area contributed by atoms with Crippen LogP contribution in [0, 0.1) is 0 Å². The lowest BCUT2D eigenvalue weighted by Crippen LogP contribution is -2.30. The summed E-state index contributed by atoms with van der Waals surface area (Å²) < 4.78 is 5.89. The molecule has 1 heterocycles. The first-order chi connectivity index (χ1) is 12.2. The van der Waals surface area contributed by atoms with Crippen LogP contribution in [0.25, 0.3) is 0 Å². The lowest BCUT2D eigenvalue weighted by Gasteiger charge is -2.22. The number of hydrogen-bond donors (Lipinski definition) is 2. The highest BCUT2D eigenvalue weighted by Gasteiger charge is 2.33. The van der Waals surface area contributed by atoms with E-state index in [-0.39, 0.29) is 25.7 Å². The van der Waals surface area contributed by atoms with Crippen molar-refractivity contribution in [1.29, 1.82) is 0 Å². The normalized spacial score (nSPS) is 22.0. The molecule has 1 fully saturated rings. The highest BCUT2D eigenvalue weighted by Crippen LogP contribution is 2.28. The molecule has 1 aliphatic rings. The molecular formula is C23H46O3. The molecule has 0 aliphatic carbocycles. The van der Waals surface area contributed by atoms with Gasteiger partial charge in [0.2, 0.25) is 0 Å². The number of rotatable bonds is 16. The summed E-state index contributed by atoms with van der Waals surface area (Å²) in [6.07, 6.45) is 18.1. The molecule has 1 aliphatic heterocycles. The van der Waals surface area contributed by atoms with Crippen LogP contribution in [-0.4, -0.2) is 34.6 Å². The molecule has 0 saturated carbocycles. The smallest absolute Gasteiger partial charge is 0.0840 e. The van der Waals surface area contributed by atoms with Crippen molar-refractivity contribution in [1.82, 2.24) is 0 Å². The van der Waals surface area contributed by atoms with Gasteiger partial charge >= 0.3 is 0 Å². The molecule has 0 radical (unpaired) electrons. The Balaban J connectivity index is 0.00000625. The fourth-order valence-electron chi connectivity index (χ4n) is 3.76.